The number of fused-ring (bicyclic) bond motifs is 1. The minimum atomic E-state index is 0.0786. The van der Waals surface area contributed by atoms with Crippen LogP contribution in [0.4, 0.5) is 0 Å². The highest BCUT2D eigenvalue weighted by Crippen LogP contribution is 2.28. The van der Waals surface area contributed by atoms with Crippen molar-refractivity contribution in [1.29, 1.82) is 0 Å². The van der Waals surface area contributed by atoms with E-state index in [0.29, 0.717) is 17.3 Å². The Bertz CT molecular complexity index is 1160. The van der Waals surface area contributed by atoms with E-state index in [1.54, 1.807) is 0 Å². The normalized spacial score (nSPS) is 11.2. The number of carbonyl (C=O) groups is 1. The van der Waals surface area contributed by atoms with Crippen molar-refractivity contribution >= 4 is 40.0 Å². The van der Waals surface area contributed by atoms with E-state index in [9.17, 15) is 4.79 Å². The lowest BCUT2D eigenvalue weighted by atomic mass is 10.1. The molecule has 1 N–H and O–H groups in total. The molecule has 0 radical (unpaired) electrons. The molecule has 2 heterocycles. The van der Waals surface area contributed by atoms with Crippen LogP contribution in [0, 0.1) is 6.92 Å². The number of rotatable bonds is 6. The highest BCUT2D eigenvalue weighted by Gasteiger charge is 2.19. The van der Waals surface area contributed by atoms with Crippen LogP contribution >= 0.6 is 23.4 Å². The van der Waals surface area contributed by atoms with E-state index in [1.807, 2.05) is 66.9 Å². The molecule has 0 atom stereocenters. The highest BCUT2D eigenvalue weighted by atomic mass is 35.5. The van der Waals surface area contributed by atoms with Gasteiger partial charge >= 0.3 is 0 Å². The second-order valence-corrected chi connectivity index (χ2v) is 7.82. The predicted octanol–water partition coefficient (Wildman–Crippen LogP) is 5.38. The van der Waals surface area contributed by atoms with Crippen LogP contribution in [0.2, 0.25) is 5.02 Å². The second-order valence-electron chi connectivity index (χ2n) is 6.44. The lowest BCUT2D eigenvalue weighted by Crippen LogP contribution is -2.06. The third-order valence-electron chi connectivity index (χ3n) is 4.62. The monoisotopic (exact) mass is 410 g/mol. The Hall–Kier alpha value is -2.57. The molecular formula is C21H19ClN4OS. The van der Waals surface area contributed by atoms with Gasteiger partial charge in [-0.25, -0.2) is 0 Å². The topological polar surface area (TPSA) is 63.6 Å². The number of aromatic amines is 1. The number of aromatic nitrogens is 4. The number of hydrogen-bond acceptors (Lipinski definition) is 4. The second kappa shape index (κ2) is 7.81. The Morgan fingerprint density at radius 1 is 1.18 bits per heavy atom. The van der Waals surface area contributed by atoms with Crippen LogP contribution in [0.1, 0.15) is 23.0 Å². The fraction of sp³-hybridized carbons (Fsp3) is 0.190. The van der Waals surface area contributed by atoms with Crippen molar-refractivity contribution < 1.29 is 4.79 Å². The van der Waals surface area contributed by atoms with Gasteiger partial charge in [-0.05, 0) is 32.0 Å². The van der Waals surface area contributed by atoms with Gasteiger partial charge in [0.15, 0.2) is 16.8 Å². The molecule has 0 aliphatic carbocycles. The first kappa shape index (κ1) is 18.8. The number of hydrogen-bond donors (Lipinski definition) is 1. The lowest BCUT2D eigenvalue weighted by molar-refractivity contribution is 0.102. The first-order valence-electron chi connectivity index (χ1n) is 9.01. The summed E-state index contributed by atoms with van der Waals surface area (Å²) in [4.78, 5) is 16.2. The van der Waals surface area contributed by atoms with Crippen molar-refractivity contribution in [2.75, 3.05) is 5.75 Å². The molecule has 2 aromatic heterocycles. The van der Waals surface area contributed by atoms with Gasteiger partial charge in [-0.2, -0.15) is 0 Å². The van der Waals surface area contributed by atoms with Crippen LogP contribution < -0.4 is 0 Å². The molecule has 0 bridgehead atoms. The largest absolute Gasteiger partial charge is 0.358 e. The highest BCUT2D eigenvalue weighted by molar-refractivity contribution is 7.99. The van der Waals surface area contributed by atoms with E-state index in [1.165, 1.54) is 11.8 Å². The number of para-hydroxylation sites is 1. The van der Waals surface area contributed by atoms with Gasteiger partial charge in [0.25, 0.3) is 0 Å². The summed E-state index contributed by atoms with van der Waals surface area (Å²) in [7, 11) is 0. The Kier molecular flexibility index (Phi) is 5.24. The third-order valence-corrected chi connectivity index (χ3v) is 5.82. The molecule has 0 fully saturated rings. The maximum absolute atomic E-state index is 12.9. The molecule has 0 aliphatic heterocycles. The summed E-state index contributed by atoms with van der Waals surface area (Å²) in [6.45, 7) is 4.67. The van der Waals surface area contributed by atoms with Gasteiger partial charge in [-0.15, -0.1) is 10.2 Å². The van der Waals surface area contributed by atoms with Crippen LogP contribution in [0.5, 0.6) is 0 Å². The molecule has 7 heteroatoms. The van der Waals surface area contributed by atoms with Crippen molar-refractivity contribution in [3.8, 4) is 11.4 Å². The van der Waals surface area contributed by atoms with E-state index >= 15 is 0 Å². The first-order chi connectivity index (χ1) is 13.6. The fourth-order valence-corrected chi connectivity index (χ4v) is 4.42. The van der Waals surface area contributed by atoms with E-state index in [-0.39, 0.29) is 5.78 Å². The zero-order valence-electron chi connectivity index (χ0n) is 15.6. The standard InChI is InChI=1S/C21H19ClN4OS/c1-3-26-20(14-7-6-8-15(22)11-14)24-25-21(26)28-12-18(27)19-13(2)23-17-10-5-4-9-16(17)19/h4-11,23H,3,12H2,1-2H3. The maximum atomic E-state index is 12.9. The van der Waals surface area contributed by atoms with Gasteiger partial charge in [-0.3, -0.25) is 4.79 Å². The van der Waals surface area contributed by atoms with Crippen LogP contribution in [0.15, 0.2) is 53.7 Å². The summed E-state index contributed by atoms with van der Waals surface area (Å²) in [5.74, 6) is 1.13. The number of aryl methyl sites for hydroxylation is 1. The smallest absolute Gasteiger partial charge is 0.191 e. The molecule has 0 saturated carbocycles. The zero-order chi connectivity index (χ0) is 19.7. The summed E-state index contributed by atoms with van der Waals surface area (Å²) in [6.07, 6.45) is 0. The van der Waals surface area contributed by atoms with Crippen molar-refractivity contribution in [2.24, 2.45) is 0 Å². The van der Waals surface area contributed by atoms with Crippen LogP contribution in [0.25, 0.3) is 22.3 Å². The number of nitrogens with zero attached hydrogens (tertiary/aromatic N) is 3. The fourth-order valence-electron chi connectivity index (χ4n) is 3.36. The molecule has 5 nitrogen and oxygen atoms in total. The summed E-state index contributed by atoms with van der Waals surface area (Å²) in [5.41, 5.74) is 3.53. The van der Waals surface area contributed by atoms with E-state index in [2.05, 4.69) is 15.2 Å². The Balaban J connectivity index is 1.58. The number of H-pyrrole nitrogens is 1. The third kappa shape index (κ3) is 3.45. The summed E-state index contributed by atoms with van der Waals surface area (Å²) >= 11 is 7.52. The van der Waals surface area contributed by atoms with Gasteiger partial charge in [0.05, 0.1) is 5.75 Å². The molecular weight excluding hydrogens is 392 g/mol. The average Bonchev–Trinajstić information content (AvgIpc) is 3.25. The van der Waals surface area contributed by atoms with Gasteiger partial charge in [-0.1, -0.05) is 53.7 Å². The van der Waals surface area contributed by atoms with E-state index in [4.69, 9.17) is 11.6 Å². The molecule has 4 aromatic rings. The number of halogens is 1. The summed E-state index contributed by atoms with van der Waals surface area (Å²) < 4.78 is 2.01. The molecule has 0 spiro atoms. The van der Waals surface area contributed by atoms with Crippen molar-refractivity contribution in [3.05, 3.63) is 64.8 Å². The number of nitrogens with one attached hydrogen (secondary N) is 1. The molecule has 142 valence electrons. The average molecular weight is 411 g/mol. The SMILES string of the molecule is CCn1c(SCC(=O)c2c(C)[nH]c3ccccc23)nnc1-c1cccc(Cl)c1. The van der Waals surface area contributed by atoms with Crippen molar-refractivity contribution in [1.82, 2.24) is 19.7 Å². The van der Waals surface area contributed by atoms with E-state index in [0.717, 1.165) is 38.7 Å². The van der Waals surface area contributed by atoms with Crippen LogP contribution in [-0.4, -0.2) is 31.3 Å². The Morgan fingerprint density at radius 2 is 2.00 bits per heavy atom. The number of benzene rings is 2. The van der Waals surface area contributed by atoms with E-state index < -0.39 is 0 Å². The molecule has 2 aromatic carbocycles. The van der Waals surface area contributed by atoms with Gasteiger partial charge in [0, 0.05) is 39.3 Å². The zero-order valence-corrected chi connectivity index (χ0v) is 17.1. The number of carbonyl (C=O) groups excluding carboxylic acids is 1. The molecule has 0 unspecified atom stereocenters. The first-order valence-corrected chi connectivity index (χ1v) is 10.4. The Labute approximate surface area is 172 Å². The summed E-state index contributed by atoms with van der Waals surface area (Å²) in [5, 5.41) is 11.0. The number of ketones is 1. The van der Waals surface area contributed by atoms with Crippen LogP contribution in [0.3, 0.4) is 0 Å². The number of Topliss-reactive ketones (excluding diaryl/α,β-unsaturated/α-hetero) is 1. The van der Waals surface area contributed by atoms with Gasteiger partial charge in [0.1, 0.15) is 0 Å². The van der Waals surface area contributed by atoms with Gasteiger partial charge < -0.3 is 9.55 Å². The quantitative estimate of drug-likeness (QED) is 0.342. The predicted molar refractivity (Wildman–Crippen MR) is 114 cm³/mol. The molecule has 4 rings (SSSR count). The maximum Gasteiger partial charge on any atom is 0.191 e. The lowest BCUT2D eigenvalue weighted by Gasteiger charge is -2.07. The molecule has 0 amide bonds. The molecule has 28 heavy (non-hydrogen) atoms. The summed E-state index contributed by atoms with van der Waals surface area (Å²) in [6, 6.07) is 15.4. The minimum Gasteiger partial charge on any atom is -0.358 e. The van der Waals surface area contributed by atoms with Gasteiger partial charge in [0.2, 0.25) is 0 Å². The minimum absolute atomic E-state index is 0.0786. The van der Waals surface area contributed by atoms with Crippen molar-refractivity contribution in [3.63, 3.8) is 0 Å². The number of thioether (sulfide) groups is 1. The van der Waals surface area contributed by atoms with Crippen molar-refractivity contribution in [2.45, 2.75) is 25.5 Å². The Morgan fingerprint density at radius 3 is 2.79 bits per heavy atom. The molecule has 0 saturated heterocycles. The molecule has 0 aliphatic rings. The van der Waals surface area contributed by atoms with Crippen LogP contribution in [-0.2, 0) is 6.54 Å².